The van der Waals surface area contributed by atoms with Crippen LogP contribution in [0.15, 0.2) is 12.2 Å². The summed E-state index contributed by atoms with van der Waals surface area (Å²) in [5.74, 6) is 7.01. The molecule has 0 aromatic carbocycles. The average Bonchev–Trinajstić information content (AvgIpc) is 2.10. The summed E-state index contributed by atoms with van der Waals surface area (Å²) < 4.78 is 0. The van der Waals surface area contributed by atoms with Crippen molar-refractivity contribution in [2.45, 2.75) is 33.6 Å². The van der Waals surface area contributed by atoms with Gasteiger partial charge in [-0.2, -0.15) is 0 Å². The minimum absolute atomic E-state index is 0.977. The molecule has 78 valence electrons. The maximum atomic E-state index is 2.51. The first-order valence-electron chi connectivity index (χ1n) is 6.42. The van der Waals surface area contributed by atoms with E-state index >= 15 is 0 Å². The summed E-state index contributed by atoms with van der Waals surface area (Å²) in [7, 11) is 0. The molecular formula is C14H22. The Morgan fingerprint density at radius 2 is 1.86 bits per heavy atom. The molecule has 4 rings (SSSR count). The Balaban J connectivity index is 1.96. The molecule has 0 saturated heterocycles. The van der Waals surface area contributed by atoms with E-state index in [1.807, 2.05) is 0 Å². The van der Waals surface area contributed by atoms with Crippen molar-refractivity contribution in [3.05, 3.63) is 12.2 Å². The lowest BCUT2D eigenvalue weighted by atomic mass is 9.44. The number of hydrogen-bond acceptors (Lipinski definition) is 0. The Hall–Kier alpha value is -0.260. The van der Waals surface area contributed by atoms with Crippen LogP contribution in [0.1, 0.15) is 33.6 Å². The fraction of sp³-hybridized carbons (Fsp3) is 0.857. The highest BCUT2D eigenvalue weighted by atomic mass is 14.6. The van der Waals surface area contributed by atoms with Gasteiger partial charge in [-0.25, -0.2) is 0 Å². The Kier molecular flexibility index (Phi) is 1.84. The molecule has 2 bridgehead atoms. The van der Waals surface area contributed by atoms with Gasteiger partial charge in [-0.05, 0) is 47.8 Å². The monoisotopic (exact) mass is 190 g/mol. The van der Waals surface area contributed by atoms with E-state index in [-0.39, 0.29) is 0 Å². The molecule has 7 atom stereocenters. The second-order valence-electron chi connectivity index (χ2n) is 5.93. The molecule has 0 heterocycles. The van der Waals surface area contributed by atoms with E-state index in [0.29, 0.717) is 0 Å². The van der Waals surface area contributed by atoms with Crippen molar-refractivity contribution < 1.29 is 0 Å². The van der Waals surface area contributed by atoms with E-state index < -0.39 is 0 Å². The predicted molar refractivity (Wildman–Crippen MR) is 59.8 cm³/mol. The highest BCUT2D eigenvalue weighted by Crippen LogP contribution is 2.61. The van der Waals surface area contributed by atoms with Crippen molar-refractivity contribution >= 4 is 0 Å². The van der Waals surface area contributed by atoms with E-state index in [0.717, 1.165) is 41.4 Å². The van der Waals surface area contributed by atoms with Crippen molar-refractivity contribution in [3.8, 4) is 0 Å². The summed E-state index contributed by atoms with van der Waals surface area (Å²) in [5.41, 5.74) is 0. The highest BCUT2D eigenvalue weighted by molar-refractivity contribution is 5.20. The van der Waals surface area contributed by atoms with Gasteiger partial charge < -0.3 is 0 Å². The third kappa shape index (κ3) is 0.902. The zero-order valence-electron chi connectivity index (χ0n) is 9.61. The summed E-state index contributed by atoms with van der Waals surface area (Å²) in [5, 5.41) is 0. The van der Waals surface area contributed by atoms with E-state index in [4.69, 9.17) is 0 Å². The molecule has 0 heteroatoms. The Bertz CT molecular complexity index is 265. The largest absolute Gasteiger partial charge is 0.0842 e. The third-order valence-electron chi connectivity index (χ3n) is 5.56. The quantitative estimate of drug-likeness (QED) is 0.553. The van der Waals surface area contributed by atoms with Crippen LogP contribution in [0.4, 0.5) is 0 Å². The van der Waals surface area contributed by atoms with Crippen LogP contribution >= 0.6 is 0 Å². The lowest BCUT2D eigenvalue weighted by Gasteiger charge is -2.60. The lowest BCUT2D eigenvalue weighted by Crippen LogP contribution is -2.54. The van der Waals surface area contributed by atoms with E-state index in [1.165, 1.54) is 12.8 Å². The molecule has 0 radical (unpaired) electrons. The van der Waals surface area contributed by atoms with Crippen LogP contribution in [0.25, 0.3) is 0 Å². The number of allylic oxidation sites excluding steroid dienone is 2. The minimum Gasteiger partial charge on any atom is -0.0842 e. The van der Waals surface area contributed by atoms with Crippen molar-refractivity contribution in [1.29, 1.82) is 0 Å². The molecule has 3 saturated carbocycles. The summed E-state index contributed by atoms with van der Waals surface area (Å²) in [4.78, 5) is 0. The fourth-order valence-corrected chi connectivity index (χ4v) is 4.89. The molecular weight excluding hydrogens is 168 g/mol. The van der Waals surface area contributed by atoms with Gasteiger partial charge in [-0.3, -0.25) is 0 Å². The van der Waals surface area contributed by atoms with E-state index in [2.05, 4.69) is 32.9 Å². The molecule has 0 N–H and O–H groups in total. The van der Waals surface area contributed by atoms with Crippen LogP contribution < -0.4 is 0 Å². The molecule has 4 aliphatic rings. The topological polar surface area (TPSA) is 0 Å². The molecule has 0 aliphatic heterocycles. The van der Waals surface area contributed by atoms with Crippen molar-refractivity contribution in [3.63, 3.8) is 0 Å². The van der Waals surface area contributed by atoms with Gasteiger partial charge in [-0.15, -0.1) is 0 Å². The third-order valence-corrected chi connectivity index (χ3v) is 5.56. The van der Waals surface area contributed by atoms with Crippen LogP contribution in [0.2, 0.25) is 0 Å². The van der Waals surface area contributed by atoms with Gasteiger partial charge in [0.1, 0.15) is 0 Å². The Morgan fingerprint density at radius 1 is 1.14 bits per heavy atom. The molecule has 0 aromatic rings. The van der Waals surface area contributed by atoms with Crippen LogP contribution in [0, 0.1) is 41.4 Å². The molecule has 0 aromatic heterocycles. The molecule has 3 fully saturated rings. The first kappa shape index (κ1) is 9.00. The maximum absolute atomic E-state index is 2.51. The Morgan fingerprint density at radius 3 is 2.43 bits per heavy atom. The van der Waals surface area contributed by atoms with Crippen LogP contribution in [-0.2, 0) is 0 Å². The standard InChI is InChI=1S/C14H22/c1-4-10-9(3)13-7-8(2)14(10)12-6-5-11(12)13/h5-6,8-14H,4,7H2,1-3H3. The van der Waals surface area contributed by atoms with Gasteiger partial charge in [0, 0.05) is 0 Å². The van der Waals surface area contributed by atoms with Gasteiger partial charge in [0.2, 0.25) is 0 Å². The van der Waals surface area contributed by atoms with Crippen LogP contribution in [-0.4, -0.2) is 0 Å². The van der Waals surface area contributed by atoms with Gasteiger partial charge in [-0.1, -0.05) is 39.3 Å². The molecule has 4 aliphatic carbocycles. The van der Waals surface area contributed by atoms with Gasteiger partial charge >= 0.3 is 0 Å². The van der Waals surface area contributed by atoms with Crippen molar-refractivity contribution in [1.82, 2.24) is 0 Å². The summed E-state index contributed by atoms with van der Waals surface area (Å²) >= 11 is 0. The average molecular weight is 190 g/mol. The Labute approximate surface area is 87.8 Å². The normalized spacial score (nSPS) is 59.5. The summed E-state index contributed by atoms with van der Waals surface area (Å²) in [6, 6.07) is 0. The van der Waals surface area contributed by atoms with Gasteiger partial charge in [0.05, 0.1) is 0 Å². The molecule has 0 spiro atoms. The number of hydrogen-bond donors (Lipinski definition) is 0. The maximum Gasteiger partial charge on any atom is -0.0134 e. The van der Waals surface area contributed by atoms with Gasteiger partial charge in [0.15, 0.2) is 0 Å². The molecule has 0 amide bonds. The second-order valence-corrected chi connectivity index (χ2v) is 5.93. The molecule has 7 unspecified atom stereocenters. The smallest absolute Gasteiger partial charge is 0.0134 e. The van der Waals surface area contributed by atoms with E-state index in [1.54, 1.807) is 0 Å². The first-order chi connectivity index (χ1) is 6.74. The SMILES string of the molecule is CCC1C(C)C2CC(C)C1C1C=CC12. The zero-order valence-corrected chi connectivity index (χ0v) is 9.61. The van der Waals surface area contributed by atoms with Gasteiger partial charge in [0.25, 0.3) is 0 Å². The summed E-state index contributed by atoms with van der Waals surface area (Å²) in [6.45, 7) is 7.40. The zero-order chi connectivity index (χ0) is 9.87. The fourth-order valence-electron chi connectivity index (χ4n) is 4.89. The second kappa shape index (κ2) is 2.87. The van der Waals surface area contributed by atoms with Crippen LogP contribution in [0.5, 0.6) is 0 Å². The molecule has 14 heavy (non-hydrogen) atoms. The van der Waals surface area contributed by atoms with E-state index in [9.17, 15) is 0 Å². The molecule has 0 nitrogen and oxygen atoms in total. The van der Waals surface area contributed by atoms with Crippen LogP contribution in [0.3, 0.4) is 0 Å². The predicted octanol–water partition coefficient (Wildman–Crippen LogP) is 3.74. The first-order valence-corrected chi connectivity index (χ1v) is 6.42. The number of rotatable bonds is 1. The lowest BCUT2D eigenvalue weighted by molar-refractivity contribution is -0.0813. The minimum atomic E-state index is 0.977. The van der Waals surface area contributed by atoms with Crippen molar-refractivity contribution in [2.75, 3.05) is 0 Å². The van der Waals surface area contributed by atoms with Crippen molar-refractivity contribution in [2.24, 2.45) is 41.4 Å². The summed E-state index contributed by atoms with van der Waals surface area (Å²) in [6.07, 6.45) is 7.92. The highest BCUT2D eigenvalue weighted by Gasteiger charge is 2.55. The number of fused-ring (bicyclic) bond motifs is 2.